The number of benzene rings is 5. The summed E-state index contributed by atoms with van der Waals surface area (Å²) in [5, 5.41) is 2.10. The van der Waals surface area contributed by atoms with E-state index in [9.17, 15) is 0 Å². The molecule has 255 valence electrons. The average molecular weight is 903 g/mol. The van der Waals surface area contributed by atoms with Crippen LogP contribution in [0.15, 0.2) is 150 Å². The first-order chi connectivity index (χ1) is 24.5. The summed E-state index contributed by atoms with van der Waals surface area (Å²) in [7, 11) is 0. The van der Waals surface area contributed by atoms with E-state index in [0.29, 0.717) is 0 Å². The summed E-state index contributed by atoms with van der Waals surface area (Å²) in [6.45, 7) is 3.76. The van der Waals surface area contributed by atoms with Gasteiger partial charge < -0.3 is 9.40 Å². The molecular weight excluding hydrogens is 861 g/mol. The zero-order valence-corrected chi connectivity index (χ0v) is 34.0. The van der Waals surface area contributed by atoms with E-state index in [1.54, 1.807) is 6.20 Å². The zero-order valence-electron chi connectivity index (χ0n) is 30.5. The van der Waals surface area contributed by atoms with Crippen molar-refractivity contribution in [2.24, 2.45) is 0 Å². The smallest absolute Gasteiger partial charge is 0 e. The van der Waals surface area contributed by atoms with Crippen molar-refractivity contribution in [1.29, 1.82) is 0 Å². The molecule has 0 saturated heterocycles. The minimum Gasteiger partial charge on any atom is 0 e. The molecule has 5 aromatic carbocycles. The second-order valence-corrected chi connectivity index (χ2v) is 24.4. The van der Waals surface area contributed by atoms with Crippen molar-refractivity contribution in [3.8, 4) is 44.8 Å². The molecule has 0 N–H and O–H groups in total. The van der Waals surface area contributed by atoms with E-state index in [4.69, 9.17) is 5.79 Å². The molecule has 0 spiro atoms. The van der Waals surface area contributed by atoms with Gasteiger partial charge >= 0.3 is 99.8 Å². The van der Waals surface area contributed by atoms with Crippen molar-refractivity contribution in [3.05, 3.63) is 164 Å². The molecule has 0 aliphatic carbocycles. The molecule has 3 nitrogen and oxygen atoms in total. The maximum Gasteiger partial charge on any atom is 0 e. The monoisotopic (exact) mass is 904 g/mol. The molecule has 51 heavy (non-hydrogen) atoms. The summed E-state index contributed by atoms with van der Waals surface area (Å²) in [6, 6.07) is 52.1. The van der Waals surface area contributed by atoms with Crippen LogP contribution >= 0.6 is 0 Å². The van der Waals surface area contributed by atoms with E-state index < -0.39 is 19.2 Å². The second kappa shape index (κ2) is 15.7. The molecule has 8 aromatic rings. The molecule has 0 atom stereocenters. The van der Waals surface area contributed by atoms with Crippen molar-refractivity contribution < 1.29 is 25.9 Å². The number of furan rings is 1. The fourth-order valence-corrected chi connectivity index (χ4v) is 8.22. The number of hydrogen-bond acceptors (Lipinski definition) is 3. The van der Waals surface area contributed by atoms with Crippen LogP contribution in [0.1, 0.15) is 26.7 Å². The summed E-state index contributed by atoms with van der Waals surface area (Å²) in [4.78, 5) is 9.10. The number of hydrogen-bond donors (Lipinski definition) is 0. The van der Waals surface area contributed by atoms with Crippen molar-refractivity contribution >= 4 is 39.6 Å². The molecule has 0 unspecified atom stereocenters. The maximum absolute atomic E-state index is 8.40. The Morgan fingerprint density at radius 2 is 1.39 bits per heavy atom. The van der Waals surface area contributed by atoms with Gasteiger partial charge in [0.2, 0.25) is 0 Å². The Morgan fingerprint density at radius 1 is 0.647 bits per heavy atom. The van der Waals surface area contributed by atoms with Crippen LogP contribution in [-0.4, -0.2) is 23.2 Å². The first-order valence-corrected chi connectivity index (χ1v) is 24.3. The number of fused-ring (bicyclic) bond motifs is 3. The second-order valence-electron chi connectivity index (χ2n) is 13.7. The van der Waals surface area contributed by atoms with Gasteiger partial charge in [-0.3, -0.25) is 0 Å². The largest absolute Gasteiger partial charge is 0 e. The van der Waals surface area contributed by atoms with Crippen LogP contribution in [0.5, 0.6) is 0 Å². The van der Waals surface area contributed by atoms with Gasteiger partial charge in [-0.1, -0.05) is 91.0 Å². The molecule has 1 radical (unpaired) electrons. The number of pyridine rings is 2. The normalized spacial score (nSPS) is 11.7. The van der Waals surface area contributed by atoms with Gasteiger partial charge in [-0.25, -0.2) is 0 Å². The summed E-state index contributed by atoms with van der Waals surface area (Å²) < 4.78 is 16.2. The summed E-state index contributed by atoms with van der Waals surface area (Å²) in [5.74, 6) is 6.44. The van der Waals surface area contributed by atoms with Crippen molar-refractivity contribution in [2.75, 3.05) is 0 Å². The minimum atomic E-state index is -1.72. The summed E-state index contributed by atoms with van der Waals surface area (Å²) in [6.07, 6.45) is 3.80. The van der Waals surface area contributed by atoms with Gasteiger partial charge in [-0.05, 0) is 58.1 Å². The molecule has 3 aromatic heterocycles. The third kappa shape index (κ3) is 8.15. The van der Waals surface area contributed by atoms with Gasteiger partial charge in [0.25, 0.3) is 0 Å². The molecule has 0 amide bonds. The third-order valence-electron chi connectivity index (χ3n) is 8.94. The Labute approximate surface area is 318 Å². The quantitative estimate of drug-likeness (QED) is 0.123. The van der Waals surface area contributed by atoms with Crippen molar-refractivity contribution in [2.45, 2.75) is 37.0 Å². The predicted molar refractivity (Wildman–Crippen MR) is 212 cm³/mol. The molecular formula is C46H40GeIrN2O-2. The van der Waals surface area contributed by atoms with Crippen molar-refractivity contribution in [3.63, 3.8) is 0 Å². The van der Waals surface area contributed by atoms with E-state index in [1.165, 1.54) is 15.5 Å². The van der Waals surface area contributed by atoms with Gasteiger partial charge in [-0.2, -0.15) is 0 Å². The summed E-state index contributed by atoms with van der Waals surface area (Å²) >= 11 is -1.72. The fourth-order valence-electron chi connectivity index (χ4n) is 6.05. The molecule has 8 rings (SSSR count). The minimum absolute atomic E-state index is 0. The maximum atomic E-state index is 8.40. The molecule has 0 aliphatic heterocycles. The Kier molecular flexibility index (Phi) is 10.7. The number of nitrogens with zero attached hydrogens (tertiary/aromatic N) is 2. The Morgan fingerprint density at radius 3 is 2.10 bits per heavy atom. The number of rotatable bonds is 6. The van der Waals surface area contributed by atoms with E-state index in [-0.39, 0.29) is 20.1 Å². The molecule has 3 heterocycles. The first-order valence-electron chi connectivity index (χ1n) is 17.5. The van der Waals surface area contributed by atoms with Gasteiger partial charge in [0.05, 0.1) is 5.58 Å². The van der Waals surface area contributed by atoms with E-state index in [2.05, 4.69) is 112 Å². The van der Waals surface area contributed by atoms with Gasteiger partial charge in [0, 0.05) is 33.1 Å². The summed E-state index contributed by atoms with van der Waals surface area (Å²) in [5.41, 5.74) is 10.9. The molecule has 0 aliphatic rings. The molecule has 0 bridgehead atoms. The fraction of sp³-hybridized carbons (Fsp3) is 0.130. The van der Waals surface area contributed by atoms with Gasteiger partial charge in [0.15, 0.2) is 0 Å². The van der Waals surface area contributed by atoms with Crippen LogP contribution in [0, 0.1) is 12.1 Å². The SMILES string of the molecule is [2H]C(C)(C)c1ccnc(-c2[c-]ccc3c2oc2ccc(-c4cccc(-c5ccccc5)c4)cc23)c1.[CH3][Ge]([CH3])([CH3])[c]1ccc(-c2[c-]cccc2)nc1.[Ir]. The third-order valence-corrected chi connectivity index (χ3v) is 13.2. The van der Waals surface area contributed by atoms with Crippen LogP contribution in [0.4, 0.5) is 0 Å². The van der Waals surface area contributed by atoms with Gasteiger partial charge in [-0.15, -0.1) is 18.2 Å². The van der Waals surface area contributed by atoms with Crippen LogP contribution in [-0.2, 0) is 20.1 Å². The van der Waals surface area contributed by atoms with Gasteiger partial charge in [0.1, 0.15) is 5.58 Å². The van der Waals surface area contributed by atoms with Crippen LogP contribution < -0.4 is 4.40 Å². The molecule has 0 saturated carbocycles. The van der Waals surface area contributed by atoms with Crippen LogP contribution in [0.25, 0.3) is 66.7 Å². The van der Waals surface area contributed by atoms with Crippen LogP contribution in [0.3, 0.4) is 0 Å². The Bertz CT molecular complexity index is 2430. The molecule has 0 fully saturated rings. The average Bonchev–Trinajstić information content (AvgIpc) is 3.54. The Hall–Kier alpha value is -4.61. The number of aromatic nitrogens is 2. The van der Waals surface area contributed by atoms with Crippen LogP contribution in [0.2, 0.25) is 17.3 Å². The standard InChI is InChI=1S/C32H24NO.C14H16GeN.Ir/c1-21(2)23-16-17-33-30(20-23)28-13-7-12-27-29-19-26(14-15-31(29)34-32(27)28)25-11-6-10-24(18-25)22-8-4-3-5-9-22;1-15(2,3)13-9-10-14(16-11-13)12-7-5-4-6-8-12;/h3-12,14-21H,1-2H3;4-7,9-11H,1-3H3;/q2*-1;/i21D;;. The van der Waals surface area contributed by atoms with Crippen molar-refractivity contribution in [1.82, 2.24) is 9.97 Å². The van der Waals surface area contributed by atoms with E-state index in [0.717, 1.165) is 61.1 Å². The predicted octanol–water partition coefficient (Wildman–Crippen LogP) is 12.0. The van der Waals surface area contributed by atoms with E-state index >= 15 is 0 Å². The molecule has 5 heteroatoms. The van der Waals surface area contributed by atoms with E-state index in [1.807, 2.05) is 80.7 Å². The topological polar surface area (TPSA) is 38.9 Å². The first kappa shape index (κ1) is 34.8. The zero-order chi connectivity index (χ0) is 35.6. The Balaban J connectivity index is 0.000000230.